The summed E-state index contributed by atoms with van der Waals surface area (Å²) in [7, 11) is 0. The third-order valence-corrected chi connectivity index (χ3v) is 2.66. The highest BCUT2D eigenvalue weighted by molar-refractivity contribution is 6.04. The number of carbonyl (C=O) groups excluding carboxylic acids is 1. The summed E-state index contributed by atoms with van der Waals surface area (Å²) >= 11 is 0. The highest BCUT2D eigenvalue weighted by Gasteiger charge is 2.12. The van der Waals surface area contributed by atoms with E-state index in [9.17, 15) is 14.3 Å². The Hall–Kier alpha value is -2.56. The average Bonchev–Trinajstić information content (AvgIpc) is 2.33. The molecule has 98 valence electrons. The van der Waals surface area contributed by atoms with E-state index in [0.717, 1.165) is 6.07 Å². The molecule has 1 amide bonds. The van der Waals surface area contributed by atoms with Crippen LogP contribution in [0.3, 0.4) is 0 Å². The molecule has 0 saturated heterocycles. The largest absolute Gasteiger partial charge is 0.508 e. The zero-order valence-electron chi connectivity index (χ0n) is 10.1. The summed E-state index contributed by atoms with van der Waals surface area (Å²) in [6.45, 7) is 1.72. The van der Waals surface area contributed by atoms with E-state index in [-0.39, 0.29) is 17.1 Å². The van der Waals surface area contributed by atoms with Crippen LogP contribution < -0.4 is 5.32 Å². The molecule has 4 nitrogen and oxygen atoms in total. The van der Waals surface area contributed by atoms with Gasteiger partial charge in [-0.1, -0.05) is 6.07 Å². The monoisotopic (exact) mass is 261 g/mol. The minimum atomic E-state index is -0.811. The molecule has 0 heterocycles. The van der Waals surface area contributed by atoms with Gasteiger partial charge >= 0.3 is 0 Å². The molecule has 0 fully saturated rings. The third kappa shape index (κ3) is 2.82. The normalized spacial score (nSPS) is 10.2. The van der Waals surface area contributed by atoms with Gasteiger partial charge in [-0.25, -0.2) is 4.39 Å². The number of rotatable bonds is 2. The highest BCUT2D eigenvalue weighted by Crippen LogP contribution is 2.22. The quantitative estimate of drug-likeness (QED) is 0.778. The number of anilines is 1. The molecular formula is C14H12FNO3. The molecule has 2 aromatic rings. The molecule has 0 radical (unpaired) electrons. The lowest BCUT2D eigenvalue weighted by Crippen LogP contribution is -2.13. The fourth-order valence-corrected chi connectivity index (χ4v) is 1.57. The van der Waals surface area contributed by atoms with E-state index in [1.54, 1.807) is 19.1 Å². The minimum Gasteiger partial charge on any atom is -0.508 e. The van der Waals surface area contributed by atoms with Crippen LogP contribution in [0.2, 0.25) is 0 Å². The van der Waals surface area contributed by atoms with Crippen molar-refractivity contribution in [3.63, 3.8) is 0 Å². The Kier molecular flexibility index (Phi) is 3.37. The van der Waals surface area contributed by atoms with Gasteiger partial charge in [0, 0.05) is 17.8 Å². The molecule has 0 aliphatic rings. The summed E-state index contributed by atoms with van der Waals surface area (Å²) in [5.74, 6) is -1.67. The van der Waals surface area contributed by atoms with Gasteiger partial charge in [-0.3, -0.25) is 4.79 Å². The Balaban J connectivity index is 2.23. The maximum absolute atomic E-state index is 13.5. The lowest BCUT2D eigenvalue weighted by atomic mass is 10.1. The van der Waals surface area contributed by atoms with E-state index in [4.69, 9.17) is 5.11 Å². The Labute approximate surface area is 109 Å². The zero-order chi connectivity index (χ0) is 14.0. The van der Waals surface area contributed by atoms with E-state index in [0.29, 0.717) is 11.3 Å². The summed E-state index contributed by atoms with van der Waals surface area (Å²) < 4.78 is 13.5. The molecule has 0 atom stereocenters. The number of aryl methyl sites for hydroxylation is 1. The molecule has 0 saturated carbocycles. The first-order valence-corrected chi connectivity index (χ1v) is 5.57. The topological polar surface area (TPSA) is 69.6 Å². The van der Waals surface area contributed by atoms with Crippen LogP contribution >= 0.6 is 0 Å². The minimum absolute atomic E-state index is 0.0454. The van der Waals surface area contributed by atoms with Gasteiger partial charge in [-0.15, -0.1) is 0 Å². The summed E-state index contributed by atoms with van der Waals surface area (Å²) in [5, 5.41) is 21.1. The number of hydrogen-bond donors (Lipinski definition) is 3. The van der Waals surface area contributed by atoms with Crippen molar-refractivity contribution in [1.29, 1.82) is 0 Å². The number of phenols is 2. The number of carbonyl (C=O) groups is 1. The van der Waals surface area contributed by atoms with Gasteiger partial charge in [0.05, 0.1) is 5.56 Å². The van der Waals surface area contributed by atoms with Crippen LogP contribution in [0.15, 0.2) is 36.4 Å². The fraction of sp³-hybridized carbons (Fsp3) is 0.0714. The number of halogens is 1. The zero-order valence-corrected chi connectivity index (χ0v) is 10.1. The van der Waals surface area contributed by atoms with Gasteiger partial charge in [0.1, 0.15) is 17.3 Å². The van der Waals surface area contributed by atoms with Crippen LogP contribution in [-0.4, -0.2) is 16.1 Å². The molecule has 0 bridgehead atoms. The van der Waals surface area contributed by atoms with Crippen molar-refractivity contribution in [1.82, 2.24) is 0 Å². The van der Waals surface area contributed by atoms with E-state index in [2.05, 4.69) is 5.32 Å². The van der Waals surface area contributed by atoms with Crippen LogP contribution in [0.4, 0.5) is 10.1 Å². The SMILES string of the molecule is Cc1ccc(NC(=O)c2ccc(O)cc2F)cc1O. The summed E-state index contributed by atoms with van der Waals surface area (Å²) in [4.78, 5) is 11.8. The van der Waals surface area contributed by atoms with Crippen LogP contribution in [0.5, 0.6) is 11.5 Å². The van der Waals surface area contributed by atoms with Crippen LogP contribution in [0.25, 0.3) is 0 Å². The second-order valence-electron chi connectivity index (χ2n) is 4.12. The van der Waals surface area contributed by atoms with E-state index >= 15 is 0 Å². The molecule has 19 heavy (non-hydrogen) atoms. The van der Waals surface area contributed by atoms with Gasteiger partial charge in [0.15, 0.2) is 0 Å². The maximum Gasteiger partial charge on any atom is 0.258 e. The Bertz CT molecular complexity index is 641. The fourth-order valence-electron chi connectivity index (χ4n) is 1.57. The predicted molar refractivity (Wildman–Crippen MR) is 68.9 cm³/mol. The van der Waals surface area contributed by atoms with Crippen molar-refractivity contribution in [2.75, 3.05) is 5.32 Å². The van der Waals surface area contributed by atoms with Crippen molar-refractivity contribution < 1.29 is 19.4 Å². The van der Waals surface area contributed by atoms with Crippen molar-refractivity contribution in [2.45, 2.75) is 6.92 Å². The number of benzene rings is 2. The summed E-state index contributed by atoms with van der Waals surface area (Å²) in [6, 6.07) is 7.90. The Morgan fingerprint density at radius 3 is 2.53 bits per heavy atom. The number of aromatic hydroxyl groups is 2. The Morgan fingerprint density at radius 1 is 1.16 bits per heavy atom. The third-order valence-electron chi connectivity index (χ3n) is 2.66. The molecule has 5 heteroatoms. The van der Waals surface area contributed by atoms with Crippen molar-refractivity contribution >= 4 is 11.6 Å². The van der Waals surface area contributed by atoms with E-state index in [1.165, 1.54) is 18.2 Å². The lowest BCUT2D eigenvalue weighted by molar-refractivity contribution is 0.102. The molecule has 0 spiro atoms. The predicted octanol–water partition coefficient (Wildman–Crippen LogP) is 2.80. The van der Waals surface area contributed by atoms with Crippen molar-refractivity contribution in [3.8, 4) is 11.5 Å². The Morgan fingerprint density at radius 2 is 1.89 bits per heavy atom. The lowest BCUT2D eigenvalue weighted by Gasteiger charge is -2.07. The first-order chi connectivity index (χ1) is 8.97. The van der Waals surface area contributed by atoms with Gasteiger partial charge < -0.3 is 15.5 Å². The molecule has 0 aliphatic carbocycles. The van der Waals surface area contributed by atoms with Crippen LogP contribution in [0, 0.1) is 12.7 Å². The molecular weight excluding hydrogens is 249 g/mol. The second-order valence-corrected chi connectivity index (χ2v) is 4.12. The number of amides is 1. The van der Waals surface area contributed by atoms with Gasteiger partial charge in [0.2, 0.25) is 0 Å². The van der Waals surface area contributed by atoms with Gasteiger partial charge in [0.25, 0.3) is 5.91 Å². The van der Waals surface area contributed by atoms with Gasteiger partial charge in [-0.2, -0.15) is 0 Å². The average molecular weight is 261 g/mol. The van der Waals surface area contributed by atoms with Crippen LogP contribution in [0.1, 0.15) is 15.9 Å². The molecule has 0 aliphatic heterocycles. The van der Waals surface area contributed by atoms with Crippen molar-refractivity contribution in [2.24, 2.45) is 0 Å². The van der Waals surface area contributed by atoms with Crippen LogP contribution in [-0.2, 0) is 0 Å². The standard InChI is InChI=1S/C14H12FNO3/c1-8-2-3-9(6-13(8)18)16-14(19)11-5-4-10(17)7-12(11)15/h2-7,17-18H,1H3,(H,16,19). The second kappa shape index (κ2) is 4.97. The van der Waals surface area contributed by atoms with Gasteiger partial charge in [-0.05, 0) is 30.7 Å². The number of nitrogens with one attached hydrogen (secondary N) is 1. The first kappa shape index (κ1) is 12.9. The molecule has 3 N–H and O–H groups in total. The smallest absolute Gasteiger partial charge is 0.258 e. The molecule has 0 aromatic heterocycles. The number of phenolic OH excluding ortho intramolecular Hbond substituents is 2. The molecule has 0 unspecified atom stereocenters. The maximum atomic E-state index is 13.5. The summed E-state index contributed by atoms with van der Waals surface area (Å²) in [5.41, 5.74) is 0.854. The van der Waals surface area contributed by atoms with E-state index < -0.39 is 11.7 Å². The van der Waals surface area contributed by atoms with E-state index in [1.807, 2.05) is 0 Å². The molecule has 2 aromatic carbocycles. The summed E-state index contributed by atoms with van der Waals surface area (Å²) in [6.07, 6.45) is 0. The first-order valence-electron chi connectivity index (χ1n) is 5.57. The number of hydrogen-bond acceptors (Lipinski definition) is 3. The van der Waals surface area contributed by atoms with Crippen molar-refractivity contribution in [3.05, 3.63) is 53.3 Å². The molecule has 2 rings (SSSR count). The highest BCUT2D eigenvalue weighted by atomic mass is 19.1.